The van der Waals surface area contributed by atoms with Gasteiger partial charge in [0.05, 0.1) is 0 Å². The Morgan fingerprint density at radius 3 is 2.53 bits per heavy atom. The number of nitrogens with two attached hydrogens (primary N) is 1. The molecule has 2 heteroatoms. The summed E-state index contributed by atoms with van der Waals surface area (Å²) in [5.41, 5.74) is 8.49. The highest BCUT2D eigenvalue weighted by atomic mass is 32.2. The van der Waals surface area contributed by atoms with E-state index in [0.29, 0.717) is 5.25 Å². The Hall–Kier alpha value is -0.470. The first-order valence-electron chi connectivity index (χ1n) is 5.48. The molecule has 1 rings (SSSR count). The van der Waals surface area contributed by atoms with Crippen LogP contribution in [0.25, 0.3) is 0 Å². The molecule has 15 heavy (non-hydrogen) atoms. The number of rotatable bonds is 4. The van der Waals surface area contributed by atoms with E-state index in [4.69, 9.17) is 5.73 Å². The van der Waals surface area contributed by atoms with E-state index in [2.05, 4.69) is 45.9 Å². The maximum absolute atomic E-state index is 5.80. The topological polar surface area (TPSA) is 26.0 Å². The molecule has 0 saturated heterocycles. The van der Waals surface area contributed by atoms with Crippen LogP contribution in [0.3, 0.4) is 0 Å². The summed E-state index contributed by atoms with van der Waals surface area (Å²) in [7, 11) is 0. The Morgan fingerprint density at radius 2 is 1.93 bits per heavy atom. The molecule has 0 aliphatic rings. The van der Waals surface area contributed by atoms with E-state index in [-0.39, 0.29) is 6.04 Å². The molecule has 0 bridgehead atoms. The Labute approximate surface area is 97.4 Å². The van der Waals surface area contributed by atoms with E-state index in [1.807, 2.05) is 11.8 Å². The molecule has 0 fully saturated rings. The van der Waals surface area contributed by atoms with Crippen molar-refractivity contribution >= 4 is 11.8 Å². The van der Waals surface area contributed by atoms with Gasteiger partial charge < -0.3 is 5.73 Å². The zero-order chi connectivity index (χ0) is 11.4. The summed E-state index contributed by atoms with van der Waals surface area (Å²) in [5, 5.41) is 0.588. The lowest BCUT2D eigenvalue weighted by Crippen LogP contribution is -2.19. The summed E-state index contributed by atoms with van der Waals surface area (Å²) < 4.78 is 0. The van der Waals surface area contributed by atoms with Crippen molar-refractivity contribution < 1.29 is 0 Å². The van der Waals surface area contributed by atoms with Crippen molar-refractivity contribution in [2.45, 2.75) is 50.3 Å². The fourth-order valence-electron chi connectivity index (χ4n) is 1.62. The molecule has 1 aromatic carbocycles. The second-order valence-electron chi connectivity index (χ2n) is 4.41. The molecule has 0 saturated carbocycles. The molecule has 2 atom stereocenters. The lowest BCUT2D eigenvalue weighted by molar-refractivity contribution is 0.663. The quantitative estimate of drug-likeness (QED) is 0.790. The van der Waals surface area contributed by atoms with Crippen LogP contribution >= 0.6 is 11.8 Å². The first kappa shape index (κ1) is 12.6. The van der Waals surface area contributed by atoms with Gasteiger partial charge in [-0.05, 0) is 38.8 Å². The average Bonchev–Trinajstić information content (AvgIpc) is 2.10. The maximum atomic E-state index is 5.80. The minimum atomic E-state index is 0.289. The summed E-state index contributed by atoms with van der Waals surface area (Å²) in [6, 6.07) is 6.90. The third kappa shape index (κ3) is 4.27. The van der Waals surface area contributed by atoms with Crippen molar-refractivity contribution in [2.75, 3.05) is 0 Å². The van der Waals surface area contributed by atoms with Crippen LogP contribution in [0, 0.1) is 13.8 Å². The fraction of sp³-hybridized carbons (Fsp3) is 0.538. The van der Waals surface area contributed by atoms with Gasteiger partial charge >= 0.3 is 0 Å². The van der Waals surface area contributed by atoms with Crippen molar-refractivity contribution in [1.82, 2.24) is 0 Å². The van der Waals surface area contributed by atoms with Crippen LogP contribution in [-0.2, 0) is 0 Å². The largest absolute Gasteiger partial charge is 0.328 e. The molecule has 0 spiro atoms. The van der Waals surface area contributed by atoms with E-state index >= 15 is 0 Å². The van der Waals surface area contributed by atoms with Crippen molar-refractivity contribution in [3.05, 3.63) is 29.3 Å². The van der Waals surface area contributed by atoms with E-state index in [1.54, 1.807) is 0 Å². The molecule has 0 aromatic heterocycles. The van der Waals surface area contributed by atoms with Crippen molar-refractivity contribution in [1.29, 1.82) is 0 Å². The summed E-state index contributed by atoms with van der Waals surface area (Å²) in [6.45, 7) is 8.62. The van der Waals surface area contributed by atoms with Gasteiger partial charge in [-0.3, -0.25) is 0 Å². The SMILES string of the molecule is Cc1ccc(C)c(SC(C)CC(C)N)c1. The maximum Gasteiger partial charge on any atom is 0.0107 e. The monoisotopic (exact) mass is 223 g/mol. The highest BCUT2D eigenvalue weighted by Gasteiger charge is 2.08. The zero-order valence-corrected chi connectivity index (χ0v) is 10.9. The van der Waals surface area contributed by atoms with Crippen molar-refractivity contribution in [3.63, 3.8) is 0 Å². The van der Waals surface area contributed by atoms with Gasteiger partial charge in [0.2, 0.25) is 0 Å². The van der Waals surface area contributed by atoms with Crippen LogP contribution in [-0.4, -0.2) is 11.3 Å². The fourth-order valence-corrected chi connectivity index (χ4v) is 2.96. The predicted molar refractivity (Wildman–Crippen MR) is 69.5 cm³/mol. The average molecular weight is 223 g/mol. The molecule has 1 nitrogen and oxygen atoms in total. The molecule has 2 unspecified atom stereocenters. The minimum Gasteiger partial charge on any atom is -0.328 e. The van der Waals surface area contributed by atoms with Gasteiger partial charge in [-0.1, -0.05) is 24.6 Å². The first-order chi connectivity index (χ1) is 6.99. The van der Waals surface area contributed by atoms with Crippen LogP contribution in [0.1, 0.15) is 31.4 Å². The molecule has 84 valence electrons. The Bertz CT molecular complexity index is 320. The molecule has 0 heterocycles. The van der Waals surface area contributed by atoms with Crippen molar-refractivity contribution in [2.24, 2.45) is 5.73 Å². The molecular formula is C13H21NS. The van der Waals surface area contributed by atoms with Gasteiger partial charge in [-0.2, -0.15) is 0 Å². The first-order valence-corrected chi connectivity index (χ1v) is 6.36. The zero-order valence-electron chi connectivity index (χ0n) is 10.1. The van der Waals surface area contributed by atoms with Gasteiger partial charge in [0.15, 0.2) is 0 Å². The van der Waals surface area contributed by atoms with Gasteiger partial charge in [0.25, 0.3) is 0 Å². The lowest BCUT2D eigenvalue weighted by atomic mass is 10.2. The Kier molecular flexibility index (Phi) is 4.68. The number of thioether (sulfide) groups is 1. The van der Waals surface area contributed by atoms with Gasteiger partial charge in [-0.15, -0.1) is 11.8 Å². The molecule has 0 amide bonds. The van der Waals surface area contributed by atoms with Crippen LogP contribution in [0.15, 0.2) is 23.1 Å². The molecule has 0 aliphatic heterocycles. The summed E-state index contributed by atoms with van der Waals surface area (Å²) in [5.74, 6) is 0. The molecule has 1 aromatic rings. The van der Waals surface area contributed by atoms with Crippen molar-refractivity contribution in [3.8, 4) is 0 Å². The third-order valence-corrected chi connectivity index (χ3v) is 3.66. The second-order valence-corrected chi connectivity index (χ2v) is 5.89. The van der Waals surface area contributed by atoms with E-state index in [9.17, 15) is 0 Å². The Morgan fingerprint density at radius 1 is 1.27 bits per heavy atom. The van der Waals surface area contributed by atoms with Crippen LogP contribution in [0.2, 0.25) is 0 Å². The highest BCUT2D eigenvalue weighted by Crippen LogP contribution is 2.29. The minimum absolute atomic E-state index is 0.289. The Balaban J connectivity index is 2.67. The highest BCUT2D eigenvalue weighted by molar-refractivity contribution is 8.00. The second kappa shape index (κ2) is 5.57. The summed E-state index contributed by atoms with van der Waals surface area (Å²) in [6.07, 6.45) is 1.07. The standard InChI is InChI=1S/C13H21NS/c1-9-5-6-10(2)13(7-9)15-12(4)8-11(3)14/h5-7,11-12H,8,14H2,1-4H3. The van der Waals surface area contributed by atoms with Crippen LogP contribution in [0.4, 0.5) is 0 Å². The van der Waals surface area contributed by atoms with Gasteiger partial charge in [0, 0.05) is 16.2 Å². The normalized spacial score (nSPS) is 15.0. The number of benzene rings is 1. The number of aryl methyl sites for hydroxylation is 2. The third-order valence-electron chi connectivity index (χ3n) is 2.38. The van der Waals surface area contributed by atoms with Crippen LogP contribution < -0.4 is 5.73 Å². The molecule has 0 radical (unpaired) electrons. The summed E-state index contributed by atoms with van der Waals surface area (Å²) in [4.78, 5) is 1.39. The smallest absolute Gasteiger partial charge is 0.0107 e. The molecular weight excluding hydrogens is 202 g/mol. The van der Waals surface area contributed by atoms with E-state index in [0.717, 1.165) is 6.42 Å². The summed E-state index contributed by atoms with van der Waals surface area (Å²) >= 11 is 1.93. The van der Waals surface area contributed by atoms with Crippen LogP contribution in [0.5, 0.6) is 0 Å². The number of hydrogen-bond acceptors (Lipinski definition) is 2. The molecule has 0 aliphatic carbocycles. The predicted octanol–water partition coefficient (Wildman–Crippen LogP) is 3.52. The van der Waals surface area contributed by atoms with E-state index in [1.165, 1.54) is 16.0 Å². The lowest BCUT2D eigenvalue weighted by Gasteiger charge is -2.15. The molecule has 2 N–H and O–H groups in total. The van der Waals surface area contributed by atoms with Gasteiger partial charge in [0.1, 0.15) is 0 Å². The van der Waals surface area contributed by atoms with Gasteiger partial charge in [-0.25, -0.2) is 0 Å². The number of hydrogen-bond donors (Lipinski definition) is 1. The van der Waals surface area contributed by atoms with E-state index < -0.39 is 0 Å².